The Morgan fingerprint density at radius 1 is 0.137 bits per heavy atom. The molecule has 0 saturated heterocycles. The molecule has 0 unspecified atom stereocenters. The van der Waals surface area contributed by atoms with E-state index in [1.807, 2.05) is 0 Å². The van der Waals surface area contributed by atoms with Crippen molar-refractivity contribution in [2.75, 3.05) is 19.6 Å². The Bertz CT molecular complexity index is 4840. The fourth-order valence-electron chi connectivity index (χ4n) is 17.3. The molecular weight excluding hydrogens is 1230 g/mol. The summed E-state index contributed by atoms with van der Waals surface area (Å²) < 4.78 is 0. The predicted molar refractivity (Wildman–Crippen MR) is 448 cm³/mol. The highest BCUT2D eigenvalue weighted by Gasteiger charge is 2.33. The molecule has 0 fully saturated rings. The molecule has 12 aromatic carbocycles. The van der Waals surface area contributed by atoms with Crippen LogP contribution in [0.15, 0.2) is 121 Å². The molecule has 0 aliphatic heterocycles. The van der Waals surface area contributed by atoms with Gasteiger partial charge in [-0.2, -0.15) is 0 Å². The lowest BCUT2D eigenvalue weighted by molar-refractivity contribution is 1.10. The number of hydrogen-bond donors (Lipinski definition) is 0. The summed E-state index contributed by atoms with van der Waals surface area (Å²) in [5.41, 5.74) is 56.6. The van der Waals surface area contributed by atoms with Crippen molar-refractivity contribution in [3.05, 3.63) is 288 Å². The van der Waals surface area contributed by atoms with Crippen LogP contribution in [-0.4, -0.2) is 0 Å². The molecule has 0 spiro atoms. The molecule has 522 valence electrons. The largest absolute Gasteiger partial charge is 0.309 e. The molecule has 102 heavy (non-hydrogen) atoms. The van der Waals surface area contributed by atoms with E-state index in [4.69, 9.17) is 0 Å². The summed E-state index contributed by atoms with van der Waals surface area (Å²) in [6.45, 7) is 69.4. The van der Waals surface area contributed by atoms with Crippen molar-refractivity contribution in [3.63, 3.8) is 0 Å². The van der Waals surface area contributed by atoms with Gasteiger partial charge in [0.15, 0.2) is 0 Å². The second-order valence-electron chi connectivity index (χ2n) is 30.6. The second-order valence-corrected chi connectivity index (χ2v) is 30.6. The van der Waals surface area contributed by atoms with Gasteiger partial charge in [-0.25, -0.2) is 0 Å². The van der Waals surface area contributed by atoms with Gasteiger partial charge in [-0.05, 0) is 434 Å². The molecule has 0 amide bonds. The number of hydrogen-bond acceptors (Lipinski definition) is 4. The maximum atomic E-state index is 2.64. The SMILES string of the molecule is Cc1c(C)c(C)c(N(c2ccc(-c3ccc(N(c4c(C)c(C)c(C)c(C)c4C)c4ccc(N(c5c(C)c(C)c(C)c(C)c5C)c5c(C)c(C)c(C)c(C)c5C)c5ccccc45)cc3)cc2)c2ccc(N(c3c(C)c(C)c(C)c(C)c3C)c3c(C)c(C)c(C)c(C)c3C)c3ccccc23)c(C)c1C. The summed E-state index contributed by atoms with van der Waals surface area (Å²) >= 11 is 0. The summed E-state index contributed by atoms with van der Waals surface area (Å²) in [6.07, 6.45) is 0. The fourth-order valence-corrected chi connectivity index (χ4v) is 17.3. The minimum absolute atomic E-state index is 1.11. The molecular formula is C98H110N4. The molecule has 0 atom stereocenters. The second kappa shape index (κ2) is 27.0. The molecule has 0 aliphatic rings. The van der Waals surface area contributed by atoms with Gasteiger partial charge in [-0.1, -0.05) is 72.8 Å². The molecule has 4 nitrogen and oxygen atoms in total. The summed E-state index contributed by atoms with van der Waals surface area (Å²) in [5, 5.41) is 4.79. The van der Waals surface area contributed by atoms with Crippen LogP contribution in [0.3, 0.4) is 0 Å². The number of fused-ring (bicyclic) bond motifs is 2. The molecule has 0 heterocycles. The van der Waals surface area contributed by atoms with Gasteiger partial charge in [-0.3, -0.25) is 0 Å². The monoisotopic (exact) mass is 1340 g/mol. The van der Waals surface area contributed by atoms with E-state index in [2.05, 4.69) is 349 Å². The zero-order valence-electron chi connectivity index (χ0n) is 67.3. The van der Waals surface area contributed by atoms with Crippen LogP contribution in [0, 0.1) is 208 Å². The van der Waals surface area contributed by atoms with Crippen LogP contribution in [-0.2, 0) is 0 Å². The quantitative estimate of drug-likeness (QED) is 0.114. The van der Waals surface area contributed by atoms with E-state index in [1.54, 1.807) is 0 Å². The van der Waals surface area contributed by atoms with Crippen LogP contribution < -0.4 is 19.6 Å². The van der Waals surface area contributed by atoms with Crippen molar-refractivity contribution in [1.82, 2.24) is 0 Å². The van der Waals surface area contributed by atoms with Crippen molar-refractivity contribution < 1.29 is 0 Å². The van der Waals surface area contributed by atoms with E-state index in [9.17, 15) is 0 Å². The van der Waals surface area contributed by atoms with Crippen LogP contribution in [0.5, 0.6) is 0 Å². The van der Waals surface area contributed by atoms with Crippen LogP contribution in [0.25, 0.3) is 32.7 Å². The van der Waals surface area contributed by atoms with Gasteiger partial charge < -0.3 is 19.6 Å². The van der Waals surface area contributed by atoms with Gasteiger partial charge >= 0.3 is 0 Å². The normalized spacial score (nSPS) is 11.6. The first kappa shape index (κ1) is 72.2. The molecule has 0 aromatic heterocycles. The van der Waals surface area contributed by atoms with E-state index in [1.165, 1.54) is 234 Å². The number of benzene rings is 12. The van der Waals surface area contributed by atoms with E-state index in [0.29, 0.717) is 0 Å². The first-order chi connectivity index (χ1) is 48.2. The molecule has 0 N–H and O–H groups in total. The lowest BCUT2D eigenvalue weighted by Crippen LogP contribution is -2.20. The third-order valence-electron chi connectivity index (χ3n) is 26.4. The molecule has 0 aliphatic carbocycles. The van der Waals surface area contributed by atoms with Gasteiger partial charge in [0.05, 0.1) is 56.9 Å². The molecule has 12 rings (SSSR count). The first-order valence-corrected chi connectivity index (χ1v) is 37.1. The lowest BCUT2D eigenvalue weighted by atomic mass is 9.88. The topological polar surface area (TPSA) is 13.0 Å². The first-order valence-electron chi connectivity index (χ1n) is 37.1. The maximum absolute atomic E-state index is 2.64. The highest BCUT2D eigenvalue weighted by atomic mass is 15.2. The Hall–Kier alpha value is -9.64. The molecule has 12 aromatic rings. The average Bonchev–Trinajstić information content (AvgIpc) is 0.735. The number of anilines is 12. The summed E-state index contributed by atoms with van der Waals surface area (Å²) in [6, 6.07) is 46.8. The Morgan fingerprint density at radius 3 is 0.441 bits per heavy atom. The smallest absolute Gasteiger partial charge is 0.0542 e. The average molecular weight is 1340 g/mol. The van der Waals surface area contributed by atoms with Crippen molar-refractivity contribution in [2.45, 2.75) is 208 Å². The fraction of sp³-hybridized carbons (Fsp3) is 0.306. The van der Waals surface area contributed by atoms with Gasteiger partial charge in [0.25, 0.3) is 0 Å². The molecule has 0 bridgehead atoms. The standard InChI is InChI=1S/C98H110N4/c1-51-57(7)69(19)93(70(20)58(51)8)99(89-47-49-91(87-37-33-31-35-85(87)89)101(95-73(23)61(11)53(3)62(12)74(95)24)96-75(25)63(13)54(4)64(14)76(96)26)83-43-39-81(40-44-83)82-41-45-84(46-42-82)100(94-71(21)59(9)52(2)60(10)72(94)22)90-48-50-92(88-38-34-32-36-86(88)90)102(97-77(27)65(15)55(5)66(16)78(97)28)98-79(29)67(17)56(6)68(18)80(98)30/h31-50H,1-30H3. The Labute approximate surface area is 612 Å². The zero-order chi connectivity index (χ0) is 74.2. The third-order valence-corrected chi connectivity index (χ3v) is 26.4. The van der Waals surface area contributed by atoms with E-state index < -0.39 is 0 Å². The number of nitrogens with zero attached hydrogens (tertiary/aromatic N) is 4. The van der Waals surface area contributed by atoms with Crippen LogP contribution in [0.1, 0.15) is 167 Å². The summed E-state index contributed by atoms with van der Waals surface area (Å²) in [7, 11) is 0. The van der Waals surface area contributed by atoms with Gasteiger partial charge in [-0.15, -0.1) is 0 Å². The maximum Gasteiger partial charge on any atom is 0.0542 e. The van der Waals surface area contributed by atoms with E-state index in [0.717, 1.165) is 33.9 Å². The highest BCUT2D eigenvalue weighted by Crippen LogP contribution is 2.55. The van der Waals surface area contributed by atoms with E-state index >= 15 is 0 Å². The minimum atomic E-state index is 1.11. The van der Waals surface area contributed by atoms with Crippen molar-refractivity contribution in [3.8, 4) is 11.1 Å². The summed E-state index contributed by atoms with van der Waals surface area (Å²) in [5.74, 6) is 0. The molecule has 0 saturated carbocycles. The van der Waals surface area contributed by atoms with Crippen LogP contribution >= 0.6 is 0 Å². The third kappa shape index (κ3) is 11.2. The Balaban J connectivity index is 1.03. The van der Waals surface area contributed by atoms with Crippen molar-refractivity contribution >= 4 is 89.8 Å². The predicted octanol–water partition coefficient (Wildman–Crippen LogP) is 28.8. The van der Waals surface area contributed by atoms with Crippen LogP contribution in [0.4, 0.5) is 68.2 Å². The Morgan fingerprint density at radius 2 is 0.275 bits per heavy atom. The van der Waals surface area contributed by atoms with Gasteiger partial charge in [0.1, 0.15) is 0 Å². The van der Waals surface area contributed by atoms with Gasteiger partial charge in [0, 0.05) is 32.9 Å². The van der Waals surface area contributed by atoms with Crippen molar-refractivity contribution in [2.24, 2.45) is 0 Å². The minimum Gasteiger partial charge on any atom is -0.309 e. The van der Waals surface area contributed by atoms with E-state index in [-0.39, 0.29) is 0 Å². The molecule has 0 radical (unpaired) electrons. The Kier molecular flexibility index (Phi) is 19.1. The summed E-state index contributed by atoms with van der Waals surface area (Å²) in [4.78, 5) is 10.4. The van der Waals surface area contributed by atoms with Gasteiger partial charge in [0.2, 0.25) is 0 Å². The van der Waals surface area contributed by atoms with Crippen molar-refractivity contribution in [1.29, 1.82) is 0 Å². The van der Waals surface area contributed by atoms with Crippen LogP contribution in [0.2, 0.25) is 0 Å². The number of rotatable bonds is 13. The highest BCUT2D eigenvalue weighted by molar-refractivity contribution is 6.11. The molecule has 4 heteroatoms. The lowest BCUT2D eigenvalue weighted by Gasteiger charge is -2.37. The zero-order valence-corrected chi connectivity index (χ0v) is 67.3.